The second-order valence-electron chi connectivity index (χ2n) is 3.67. The van der Waals surface area contributed by atoms with Gasteiger partial charge in [0.15, 0.2) is 0 Å². The molecule has 1 aromatic rings. The summed E-state index contributed by atoms with van der Waals surface area (Å²) in [7, 11) is 0. The van der Waals surface area contributed by atoms with Gasteiger partial charge >= 0.3 is 0 Å². The van der Waals surface area contributed by atoms with Gasteiger partial charge in [0.05, 0.1) is 22.4 Å². The van der Waals surface area contributed by atoms with Crippen LogP contribution < -0.4 is 5.32 Å². The number of thioether (sulfide) groups is 1. The fraction of sp³-hybridized carbons (Fsp3) is 0.250. The van der Waals surface area contributed by atoms with E-state index >= 15 is 0 Å². The Kier molecular flexibility index (Phi) is 3.42. The minimum Gasteiger partial charge on any atom is -0.356 e. The van der Waals surface area contributed by atoms with Crippen molar-refractivity contribution in [1.82, 2.24) is 0 Å². The molecule has 0 spiro atoms. The maximum Gasteiger partial charge on any atom is 0.0974 e. The zero-order valence-corrected chi connectivity index (χ0v) is 10.5. The minimum absolute atomic E-state index is 0.687. The lowest BCUT2D eigenvalue weighted by atomic mass is 10.2. The molecule has 0 radical (unpaired) electrons. The van der Waals surface area contributed by atoms with Gasteiger partial charge < -0.3 is 5.32 Å². The van der Waals surface area contributed by atoms with Gasteiger partial charge in [-0.25, -0.2) is 0 Å². The molecule has 1 heterocycles. The Morgan fingerprint density at radius 3 is 3.00 bits per heavy atom. The van der Waals surface area contributed by atoms with Gasteiger partial charge in [0.25, 0.3) is 0 Å². The third-order valence-corrected chi connectivity index (χ3v) is 3.71. The van der Waals surface area contributed by atoms with Crippen LogP contribution in [0.2, 0.25) is 5.02 Å². The van der Waals surface area contributed by atoms with E-state index in [4.69, 9.17) is 16.9 Å². The molecule has 0 aliphatic carbocycles. The predicted octanol–water partition coefficient (Wildman–Crippen LogP) is 3.58. The number of hydrogen-bond donors (Lipinski definition) is 1. The molecule has 0 saturated carbocycles. The molecule has 4 heteroatoms. The highest BCUT2D eigenvalue weighted by Gasteiger charge is 2.15. The fourth-order valence-electron chi connectivity index (χ4n) is 1.54. The van der Waals surface area contributed by atoms with Gasteiger partial charge in [-0.1, -0.05) is 17.7 Å². The molecule has 0 unspecified atom stereocenters. The van der Waals surface area contributed by atoms with Crippen molar-refractivity contribution in [3.8, 4) is 6.07 Å². The number of nitrogens with zero attached hydrogens (tertiary/aromatic N) is 1. The summed E-state index contributed by atoms with van der Waals surface area (Å²) in [6.45, 7) is 2.02. The zero-order chi connectivity index (χ0) is 11.5. The van der Waals surface area contributed by atoms with Crippen molar-refractivity contribution in [2.75, 3.05) is 16.8 Å². The lowest BCUT2D eigenvalue weighted by molar-refractivity contribution is 1.33. The lowest BCUT2D eigenvalue weighted by Crippen LogP contribution is -2.02. The highest BCUT2D eigenvalue weighted by molar-refractivity contribution is 7.99. The number of halogens is 1. The average molecular weight is 251 g/mol. The van der Waals surface area contributed by atoms with Crippen molar-refractivity contribution in [3.63, 3.8) is 0 Å². The van der Waals surface area contributed by atoms with Crippen LogP contribution in [0.15, 0.2) is 29.5 Å². The lowest BCUT2D eigenvalue weighted by Gasteiger charge is -2.10. The fourth-order valence-corrected chi connectivity index (χ4v) is 2.70. The molecule has 0 atom stereocenters. The van der Waals surface area contributed by atoms with Gasteiger partial charge in [-0.2, -0.15) is 5.26 Å². The largest absolute Gasteiger partial charge is 0.356 e. The van der Waals surface area contributed by atoms with Gasteiger partial charge in [0.1, 0.15) is 0 Å². The summed E-state index contributed by atoms with van der Waals surface area (Å²) in [5.74, 6) is 1.65. The topological polar surface area (TPSA) is 35.8 Å². The zero-order valence-electron chi connectivity index (χ0n) is 8.88. The van der Waals surface area contributed by atoms with Crippen LogP contribution in [0.25, 0.3) is 0 Å². The number of aryl methyl sites for hydroxylation is 1. The van der Waals surface area contributed by atoms with E-state index in [2.05, 4.69) is 11.4 Å². The first kappa shape index (κ1) is 11.4. The Bertz CT molecular complexity index is 488. The van der Waals surface area contributed by atoms with Crippen LogP contribution in [-0.4, -0.2) is 11.5 Å². The van der Waals surface area contributed by atoms with Crippen molar-refractivity contribution in [2.24, 2.45) is 0 Å². The van der Waals surface area contributed by atoms with Crippen LogP contribution in [0.1, 0.15) is 5.56 Å². The number of rotatable bonds is 2. The summed E-state index contributed by atoms with van der Waals surface area (Å²) in [6, 6.07) is 8.05. The van der Waals surface area contributed by atoms with Crippen molar-refractivity contribution in [1.29, 1.82) is 5.26 Å². The smallest absolute Gasteiger partial charge is 0.0974 e. The Morgan fingerprint density at radius 1 is 1.44 bits per heavy atom. The first-order chi connectivity index (χ1) is 7.70. The van der Waals surface area contributed by atoms with Crippen molar-refractivity contribution < 1.29 is 0 Å². The predicted molar refractivity (Wildman–Crippen MR) is 69.8 cm³/mol. The van der Waals surface area contributed by atoms with Crippen LogP contribution >= 0.6 is 23.4 Å². The Labute approximate surface area is 104 Å². The molecule has 16 heavy (non-hydrogen) atoms. The molecule has 1 aliphatic rings. The highest BCUT2D eigenvalue weighted by Crippen LogP contribution is 2.29. The summed E-state index contributed by atoms with van der Waals surface area (Å²) in [5.41, 5.74) is 3.84. The van der Waals surface area contributed by atoms with E-state index in [1.807, 2.05) is 25.1 Å². The van der Waals surface area contributed by atoms with Gasteiger partial charge in [-0.15, -0.1) is 11.8 Å². The molecule has 0 aromatic heterocycles. The van der Waals surface area contributed by atoms with Crippen molar-refractivity contribution in [2.45, 2.75) is 6.92 Å². The molecule has 1 aliphatic heterocycles. The summed E-state index contributed by atoms with van der Waals surface area (Å²) in [6.07, 6.45) is 0. The van der Waals surface area contributed by atoms with Crippen molar-refractivity contribution >= 4 is 29.1 Å². The molecule has 2 nitrogen and oxygen atoms in total. The third-order valence-electron chi connectivity index (χ3n) is 2.40. The van der Waals surface area contributed by atoms with E-state index in [9.17, 15) is 0 Å². The maximum atomic E-state index is 8.94. The van der Waals surface area contributed by atoms with E-state index in [1.54, 1.807) is 11.8 Å². The SMILES string of the molecule is Cc1ccc(Cl)c(NC2=C(C#N)CSC2)c1. The molecular weight excluding hydrogens is 240 g/mol. The van der Waals surface area contributed by atoms with E-state index in [-0.39, 0.29) is 0 Å². The molecule has 0 fully saturated rings. The van der Waals surface area contributed by atoms with Gasteiger partial charge in [0.2, 0.25) is 0 Å². The maximum absolute atomic E-state index is 8.94. The van der Waals surface area contributed by atoms with E-state index < -0.39 is 0 Å². The van der Waals surface area contributed by atoms with E-state index in [0.717, 1.165) is 34.0 Å². The molecular formula is C12H11ClN2S. The van der Waals surface area contributed by atoms with Crippen LogP contribution in [0, 0.1) is 18.3 Å². The molecule has 1 aromatic carbocycles. The van der Waals surface area contributed by atoms with Crippen LogP contribution in [0.3, 0.4) is 0 Å². The Hall–Kier alpha value is -1.11. The molecule has 0 saturated heterocycles. The van der Waals surface area contributed by atoms with E-state index in [0.29, 0.717) is 5.02 Å². The first-order valence-electron chi connectivity index (χ1n) is 4.94. The van der Waals surface area contributed by atoms with Crippen LogP contribution in [0.4, 0.5) is 5.69 Å². The van der Waals surface area contributed by atoms with Crippen LogP contribution in [-0.2, 0) is 0 Å². The highest BCUT2D eigenvalue weighted by atomic mass is 35.5. The molecule has 82 valence electrons. The van der Waals surface area contributed by atoms with Crippen LogP contribution in [0.5, 0.6) is 0 Å². The number of nitriles is 1. The minimum atomic E-state index is 0.687. The number of nitrogens with one attached hydrogen (secondary N) is 1. The summed E-state index contributed by atoms with van der Waals surface area (Å²) < 4.78 is 0. The summed E-state index contributed by atoms with van der Waals surface area (Å²) in [4.78, 5) is 0. The number of benzene rings is 1. The molecule has 2 rings (SSSR count). The molecule has 0 amide bonds. The number of anilines is 1. The second kappa shape index (κ2) is 4.82. The summed E-state index contributed by atoms with van der Waals surface area (Å²) >= 11 is 7.83. The Morgan fingerprint density at radius 2 is 2.25 bits per heavy atom. The van der Waals surface area contributed by atoms with Gasteiger partial charge in [-0.05, 0) is 24.6 Å². The quantitative estimate of drug-likeness (QED) is 0.872. The molecule has 0 bridgehead atoms. The average Bonchev–Trinajstić information content (AvgIpc) is 2.71. The normalized spacial score (nSPS) is 15.1. The third kappa shape index (κ3) is 2.34. The Balaban J connectivity index is 2.28. The first-order valence-corrected chi connectivity index (χ1v) is 6.47. The standard InChI is InChI=1S/C12H11ClN2S/c1-8-2-3-10(13)11(4-8)15-12-7-16-6-9(12)5-14/h2-4,15H,6-7H2,1H3. The van der Waals surface area contributed by atoms with Crippen molar-refractivity contribution in [3.05, 3.63) is 40.1 Å². The summed E-state index contributed by atoms with van der Waals surface area (Å²) in [5, 5.41) is 12.9. The monoisotopic (exact) mass is 250 g/mol. The second-order valence-corrected chi connectivity index (χ2v) is 5.06. The van der Waals surface area contributed by atoms with Gasteiger partial charge in [0, 0.05) is 17.2 Å². The molecule has 1 N–H and O–H groups in total. The number of hydrogen-bond acceptors (Lipinski definition) is 3. The van der Waals surface area contributed by atoms with E-state index in [1.165, 1.54) is 0 Å². The van der Waals surface area contributed by atoms with Gasteiger partial charge in [-0.3, -0.25) is 0 Å².